The van der Waals surface area contributed by atoms with Crippen LogP contribution in [0.15, 0.2) is 24.3 Å². The van der Waals surface area contributed by atoms with Crippen molar-refractivity contribution in [3.8, 4) is 11.8 Å². The first-order valence-corrected chi connectivity index (χ1v) is 14.1. The zero-order chi connectivity index (χ0) is 25.6. The lowest BCUT2D eigenvalue weighted by Gasteiger charge is -2.61. The third-order valence-corrected chi connectivity index (χ3v) is 11.2. The minimum Gasteiger partial charge on any atom is -0.389 e. The van der Waals surface area contributed by atoms with E-state index in [1.807, 2.05) is 24.3 Å². The van der Waals surface area contributed by atoms with Crippen molar-refractivity contribution in [1.29, 1.82) is 0 Å². The molecule has 0 radical (unpaired) electrons. The van der Waals surface area contributed by atoms with Crippen molar-refractivity contribution >= 4 is 12.1 Å². The van der Waals surface area contributed by atoms with Crippen LogP contribution in [-0.2, 0) is 16.0 Å². The van der Waals surface area contributed by atoms with Crippen molar-refractivity contribution in [3.63, 3.8) is 0 Å². The van der Waals surface area contributed by atoms with Gasteiger partial charge in [-0.1, -0.05) is 37.8 Å². The van der Waals surface area contributed by atoms with Gasteiger partial charge in [0, 0.05) is 17.9 Å². The average Bonchev–Trinajstić information content (AvgIpc) is 3.24. The third-order valence-electron chi connectivity index (χ3n) is 11.2. The molecule has 0 bridgehead atoms. The van der Waals surface area contributed by atoms with E-state index in [2.05, 4.69) is 25.7 Å². The Balaban J connectivity index is 1.28. The van der Waals surface area contributed by atoms with Gasteiger partial charge in [0.25, 0.3) is 0 Å². The molecular formula is C32H42O4. The number of aliphatic hydroxyl groups excluding tert-OH is 1. The number of benzene rings is 1. The van der Waals surface area contributed by atoms with Gasteiger partial charge >= 0.3 is 0 Å². The molecule has 1 aromatic rings. The first-order valence-electron chi connectivity index (χ1n) is 14.1. The van der Waals surface area contributed by atoms with Gasteiger partial charge in [-0.3, -0.25) is 4.79 Å². The van der Waals surface area contributed by atoms with Gasteiger partial charge < -0.3 is 15.0 Å². The quantitative estimate of drug-likeness (QED) is 0.444. The number of aldehydes is 1. The summed E-state index contributed by atoms with van der Waals surface area (Å²) in [6, 6.07) is 8.03. The van der Waals surface area contributed by atoms with Gasteiger partial charge in [0.1, 0.15) is 18.5 Å². The highest BCUT2D eigenvalue weighted by Gasteiger charge is 2.61. The van der Waals surface area contributed by atoms with Crippen LogP contribution in [0.25, 0.3) is 0 Å². The molecule has 194 valence electrons. The average molecular weight is 491 g/mol. The smallest absolute Gasteiger partial charge is 0.161 e. The van der Waals surface area contributed by atoms with E-state index in [1.165, 1.54) is 12.8 Å². The van der Waals surface area contributed by atoms with Gasteiger partial charge in [0.2, 0.25) is 0 Å². The fourth-order valence-electron chi connectivity index (χ4n) is 9.17. The zero-order valence-corrected chi connectivity index (χ0v) is 22.0. The Hall–Kier alpha value is -1.96. The number of rotatable bonds is 5. The van der Waals surface area contributed by atoms with Gasteiger partial charge in [-0.25, -0.2) is 0 Å². The number of aryl methyl sites for hydroxylation is 1. The molecule has 0 aliphatic heterocycles. The molecule has 1 aromatic carbocycles. The summed E-state index contributed by atoms with van der Waals surface area (Å²) in [6.45, 7) is 4.50. The minimum atomic E-state index is -0.928. The second-order valence-corrected chi connectivity index (χ2v) is 12.8. The first kappa shape index (κ1) is 25.7. The summed E-state index contributed by atoms with van der Waals surface area (Å²) in [6.07, 6.45) is 11.4. The third kappa shape index (κ3) is 4.37. The highest BCUT2D eigenvalue weighted by molar-refractivity contribution is 5.83. The van der Waals surface area contributed by atoms with E-state index in [9.17, 15) is 19.8 Å². The van der Waals surface area contributed by atoms with E-state index in [-0.39, 0.29) is 29.1 Å². The molecular weight excluding hydrogens is 448 g/mol. The first-order chi connectivity index (χ1) is 17.2. The highest BCUT2D eigenvalue weighted by atomic mass is 16.3. The molecule has 4 aliphatic carbocycles. The number of hydrogen-bond acceptors (Lipinski definition) is 4. The predicted molar refractivity (Wildman–Crippen MR) is 140 cm³/mol. The van der Waals surface area contributed by atoms with E-state index in [0.29, 0.717) is 30.1 Å². The second-order valence-electron chi connectivity index (χ2n) is 12.8. The number of fused-ring (bicyclic) bond motifs is 5. The number of aliphatic hydroxyl groups is 2. The molecule has 0 amide bonds. The summed E-state index contributed by atoms with van der Waals surface area (Å²) >= 11 is 0. The fraction of sp³-hybridized carbons (Fsp3) is 0.688. The van der Waals surface area contributed by atoms with Crippen LogP contribution in [0, 0.1) is 52.3 Å². The molecule has 4 heteroatoms. The number of carbonyl (C=O) groups is 2. The Morgan fingerprint density at radius 2 is 1.75 bits per heavy atom. The van der Waals surface area contributed by atoms with Crippen LogP contribution in [0.1, 0.15) is 89.2 Å². The van der Waals surface area contributed by atoms with Gasteiger partial charge in [-0.15, -0.1) is 0 Å². The molecule has 0 saturated heterocycles. The van der Waals surface area contributed by atoms with E-state index < -0.39 is 5.60 Å². The molecule has 2 unspecified atom stereocenters. The molecule has 0 heterocycles. The summed E-state index contributed by atoms with van der Waals surface area (Å²) in [7, 11) is 0. The van der Waals surface area contributed by atoms with Crippen LogP contribution in [0.4, 0.5) is 0 Å². The largest absolute Gasteiger partial charge is 0.389 e. The molecule has 5 rings (SSSR count). The van der Waals surface area contributed by atoms with Gasteiger partial charge in [-0.05, 0) is 116 Å². The van der Waals surface area contributed by atoms with E-state index in [0.717, 1.165) is 68.8 Å². The molecule has 4 nitrogen and oxygen atoms in total. The minimum absolute atomic E-state index is 0.0322. The molecule has 0 aromatic heterocycles. The lowest BCUT2D eigenvalue weighted by Crippen LogP contribution is -2.56. The number of hydrogen-bond donors (Lipinski definition) is 2. The Labute approximate surface area is 216 Å². The number of carbonyl (C=O) groups excluding carboxylic acids is 2. The van der Waals surface area contributed by atoms with E-state index >= 15 is 0 Å². The van der Waals surface area contributed by atoms with Gasteiger partial charge in [0.05, 0.1) is 0 Å². The van der Waals surface area contributed by atoms with Crippen LogP contribution < -0.4 is 0 Å². The number of ketones is 1. The zero-order valence-electron chi connectivity index (χ0n) is 22.0. The van der Waals surface area contributed by atoms with Gasteiger partial charge in [0.15, 0.2) is 5.78 Å². The van der Waals surface area contributed by atoms with Crippen molar-refractivity contribution in [2.75, 3.05) is 6.61 Å². The molecule has 4 aliphatic rings. The summed E-state index contributed by atoms with van der Waals surface area (Å²) in [4.78, 5) is 23.1. The number of Topliss-reactive ketones (excluding diaryl/α,β-unsaturated/α-hetero) is 1. The van der Waals surface area contributed by atoms with Crippen LogP contribution in [-0.4, -0.2) is 34.5 Å². The monoisotopic (exact) mass is 490 g/mol. The van der Waals surface area contributed by atoms with Crippen molar-refractivity contribution < 1.29 is 19.8 Å². The predicted octanol–water partition coefficient (Wildman–Crippen LogP) is 5.12. The Kier molecular flexibility index (Phi) is 6.94. The summed E-state index contributed by atoms with van der Waals surface area (Å²) in [5.74, 6) is 8.97. The molecule has 8 atom stereocenters. The van der Waals surface area contributed by atoms with Gasteiger partial charge in [-0.2, -0.15) is 0 Å². The second kappa shape index (κ2) is 9.73. The lowest BCUT2D eigenvalue weighted by molar-refractivity contribution is -0.146. The molecule has 4 fully saturated rings. The van der Waals surface area contributed by atoms with Crippen LogP contribution in [0.5, 0.6) is 0 Å². The molecule has 4 saturated carbocycles. The highest BCUT2D eigenvalue weighted by Crippen LogP contribution is 2.68. The summed E-state index contributed by atoms with van der Waals surface area (Å²) in [5, 5.41) is 21.0. The van der Waals surface area contributed by atoms with Crippen LogP contribution in [0.3, 0.4) is 0 Å². The Morgan fingerprint density at radius 1 is 1.00 bits per heavy atom. The van der Waals surface area contributed by atoms with Crippen molar-refractivity contribution in [2.24, 2.45) is 40.4 Å². The molecule has 2 N–H and O–H groups in total. The maximum absolute atomic E-state index is 12.5. The topological polar surface area (TPSA) is 74.6 Å². The standard InChI is InChI=1S/C32H42O4/c1-30-17-18-32(36,16-13-23-7-5-22(6-8-23)4-3-19-33)20-24(30)9-10-25-26-11-12-28(29(35)21-34)31(26,2)15-14-27(25)30/h5-8,19,24-28,34,36H,3-4,9-12,14-15,17-18,20-21H2,1-2H3/t24?,25-,26-,27-,28+,30-,31-,32?/m0/s1. The van der Waals surface area contributed by atoms with Crippen molar-refractivity contribution in [3.05, 3.63) is 35.4 Å². The van der Waals surface area contributed by atoms with Crippen LogP contribution in [0.2, 0.25) is 0 Å². The summed E-state index contributed by atoms with van der Waals surface area (Å²) < 4.78 is 0. The maximum atomic E-state index is 12.5. The lowest BCUT2D eigenvalue weighted by atomic mass is 9.44. The van der Waals surface area contributed by atoms with E-state index in [1.54, 1.807) is 0 Å². The molecule has 36 heavy (non-hydrogen) atoms. The molecule has 0 spiro atoms. The van der Waals surface area contributed by atoms with Crippen LogP contribution >= 0.6 is 0 Å². The SMILES string of the molecule is C[C@]12CC[C@H]3[C@@H](CCC4CC(O)(C#Cc5ccc(CCC=O)cc5)CC[C@@]43C)[C@@H]1CC[C@@H]2C(=O)CO. The Morgan fingerprint density at radius 3 is 2.47 bits per heavy atom. The maximum Gasteiger partial charge on any atom is 0.161 e. The summed E-state index contributed by atoms with van der Waals surface area (Å²) in [5.41, 5.74) is 1.40. The normalized spacial score (nSPS) is 41.3. The van der Waals surface area contributed by atoms with Crippen molar-refractivity contribution in [2.45, 2.75) is 90.1 Å². The van der Waals surface area contributed by atoms with Crippen molar-refractivity contribution in [1.82, 2.24) is 0 Å². The van der Waals surface area contributed by atoms with E-state index in [4.69, 9.17) is 0 Å². The fourth-order valence-corrected chi connectivity index (χ4v) is 9.17. The Bertz CT molecular complexity index is 1050.